The molecule has 3 aromatic carbocycles. The third-order valence-electron chi connectivity index (χ3n) is 5.87. The van der Waals surface area contributed by atoms with Crippen molar-refractivity contribution >= 4 is 29.3 Å². The smallest absolute Gasteiger partial charge is 0.339 e. The number of benzene rings is 3. The van der Waals surface area contributed by atoms with Crippen LogP contribution in [0.4, 0.5) is 16.2 Å². The number of aryl methyl sites for hydroxylation is 1. The van der Waals surface area contributed by atoms with Gasteiger partial charge in [0.25, 0.3) is 0 Å². The van der Waals surface area contributed by atoms with Crippen molar-refractivity contribution in [2.45, 2.75) is 25.8 Å². The Kier molecular flexibility index (Phi) is 6.92. The largest absolute Gasteiger partial charge is 0.465 e. The molecule has 4 rings (SSSR count). The summed E-state index contributed by atoms with van der Waals surface area (Å²) in [7, 11) is 1.29. The van der Waals surface area contributed by atoms with Crippen molar-refractivity contribution in [2.24, 2.45) is 0 Å². The molecule has 3 amide bonds. The van der Waals surface area contributed by atoms with E-state index < -0.39 is 18.0 Å². The zero-order valence-corrected chi connectivity index (χ0v) is 19.2. The molecule has 0 spiro atoms. The molecule has 1 aliphatic rings. The van der Waals surface area contributed by atoms with Gasteiger partial charge in [-0.3, -0.25) is 4.79 Å². The van der Waals surface area contributed by atoms with Gasteiger partial charge in [-0.2, -0.15) is 0 Å². The Morgan fingerprint density at radius 2 is 1.74 bits per heavy atom. The van der Waals surface area contributed by atoms with Crippen LogP contribution in [0.3, 0.4) is 0 Å². The molecule has 1 heterocycles. The maximum Gasteiger partial charge on any atom is 0.339 e. The van der Waals surface area contributed by atoms with Crippen molar-refractivity contribution in [3.05, 3.63) is 95.1 Å². The normalized spacial score (nSPS) is 13.1. The van der Waals surface area contributed by atoms with Crippen LogP contribution in [0.2, 0.25) is 0 Å². The molecule has 1 unspecified atom stereocenters. The van der Waals surface area contributed by atoms with Crippen molar-refractivity contribution in [1.29, 1.82) is 0 Å². The van der Waals surface area contributed by atoms with E-state index in [-0.39, 0.29) is 11.5 Å². The fourth-order valence-electron chi connectivity index (χ4n) is 4.17. The molecule has 0 fully saturated rings. The number of nitrogens with zero attached hydrogens (tertiary/aromatic N) is 1. The van der Waals surface area contributed by atoms with E-state index in [1.165, 1.54) is 7.11 Å². The average molecular weight is 458 g/mol. The number of amides is 3. The average Bonchev–Trinajstić information content (AvgIpc) is 3.27. The number of para-hydroxylation sites is 1. The van der Waals surface area contributed by atoms with E-state index in [2.05, 4.69) is 10.6 Å². The second-order valence-electron chi connectivity index (χ2n) is 8.25. The van der Waals surface area contributed by atoms with Crippen LogP contribution in [0.15, 0.2) is 72.8 Å². The Balaban J connectivity index is 1.57. The number of urea groups is 1. The van der Waals surface area contributed by atoms with Crippen LogP contribution in [-0.2, 0) is 22.4 Å². The van der Waals surface area contributed by atoms with Crippen LogP contribution in [0.5, 0.6) is 0 Å². The summed E-state index contributed by atoms with van der Waals surface area (Å²) in [5, 5.41) is 5.56. The summed E-state index contributed by atoms with van der Waals surface area (Å²) in [5.74, 6) is -0.734. The number of fused-ring (bicyclic) bond motifs is 1. The number of anilines is 2. The van der Waals surface area contributed by atoms with Crippen molar-refractivity contribution < 1.29 is 19.1 Å². The highest BCUT2D eigenvalue weighted by atomic mass is 16.5. The fourth-order valence-corrected chi connectivity index (χ4v) is 4.17. The van der Waals surface area contributed by atoms with E-state index >= 15 is 0 Å². The van der Waals surface area contributed by atoms with Gasteiger partial charge in [0.2, 0.25) is 5.91 Å². The van der Waals surface area contributed by atoms with Gasteiger partial charge in [-0.05, 0) is 48.2 Å². The summed E-state index contributed by atoms with van der Waals surface area (Å²) in [6.07, 6.45) is 1.11. The molecule has 0 aromatic heterocycles. The SMILES string of the molecule is COC(=O)c1ccc(C)cc1NC(=O)NC(Cc1ccccc1)C(=O)N1CCc2ccccc21. The van der Waals surface area contributed by atoms with Gasteiger partial charge < -0.3 is 20.3 Å². The zero-order valence-electron chi connectivity index (χ0n) is 19.2. The minimum absolute atomic E-state index is 0.179. The first-order valence-corrected chi connectivity index (χ1v) is 11.2. The van der Waals surface area contributed by atoms with Gasteiger partial charge in [0.15, 0.2) is 0 Å². The predicted octanol–water partition coefficient (Wildman–Crippen LogP) is 4.10. The van der Waals surface area contributed by atoms with Gasteiger partial charge in [-0.25, -0.2) is 9.59 Å². The summed E-state index contributed by atoms with van der Waals surface area (Å²) in [5.41, 5.74) is 4.35. The summed E-state index contributed by atoms with van der Waals surface area (Å²) in [6, 6.07) is 21.1. The molecule has 34 heavy (non-hydrogen) atoms. The first-order valence-electron chi connectivity index (χ1n) is 11.2. The number of carbonyl (C=O) groups excluding carboxylic acids is 3. The minimum Gasteiger partial charge on any atom is -0.465 e. The zero-order chi connectivity index (χ0) is 24.1. The lowest BCUT2D eigenvalue weighted by Crippen LogP contribution is -2.50. The molecule has 7 heteroatoms. The van der Waals surface area contributed by atoms with Crippen LogP contribution in [0.1, 0.15) is 27.0 Å². The lowest BCUT2D eigenvalue weighted by atomic mass is 10.0. The van der Waals surface area contributed by atoms with E-state index in [1.807, 2.05) is 61.5 Å². The molecule has 0 radical (unpaired) electrons. The number of esters is 1. The summed E-state index contributed by atoms with van der Waals surface area (Å²) >= 11 is 0. The first-order chi connectivity index (χ1) is 16.5. The quantitative estimate of drug-likeness (QED) is 0.546. The Bertz CT molecular complexity index is 1210. The van der Waals surface area contributed by atoms with E-state index in [1.54, 1.807) is 23.1 Å². The number of nitrogens with one attached hydrogen (secondary N) is 2. The highest BCUT2D eigenvalue weighted by Gasteiger charge is 2.31. The Morgan fingerprint density at radius 1 is 1.00 bits per heavy atom. The van der Waals surface area contributed by atoms with Crippen LogP contribution in [0, 0.1) is 6.92 Å². The second kappa shape index (κ2) is 10.2. The van der Waals surface area contributed by atoms with Gasteiger partial charge in [-0.15, -0.1) is 0 Å². The number of carbonyl (C=O) groups is 3. The molecule has 0 saturated carbocycles. The van der Waals surface area contributed by atoms with Crippen molar-refractivity contribution in [3.8, 4) is 0 Å². The molecule has 0 aliphatic carbocycles. The summed E-state index contributed by atoms with van der Waals surface area (Å²) in [6.45, 7) is 2.42. The van der Waals surface area contributed by atoms with Crippen LogP contribution in [0.25, 0.3) is 0 Å². The van der Waals surface area contributed by atoms with Gasteiger partial charge in [0.1, 0.15) is 6.04 Å². The molecule has 2 N–H and O–H groups in total. The third kappa shape index (κ3) is 5.09. The lowest BCUT2D eigenvalue weighted by molar-refractivity contribution is -0.120. The number of methoxy groups -OCH3 is 1. The monoisotopic (exact) mass is 457 g/mol. The van der Waals surface area contributed by atoms with Gasteiger partial charge >= 0.3 is 12.0 Å². The highest BCUT2D eigenvalue weighted by molar-refractivity contribution is 6.04. The lowest BCUT2D eigenvalue weighted by Gasteiger charge is -2.25. The molecule has 1 atom stereocenters. The minimum atomic E-state index is -0.792. The van der Waals surface area contributed by atoms with Gasteiger partial charge in [0.05, 0.1) is 18.4 Å². The molecular weight excluding hydrogens is 430 g/mol. The molecule has 174 valence electrons. The van der Waals surface area contributed by atoms with Crippen molar-refractivity contribution in [3.63, 3.8) is 0 Å². The first kappa shape index (κ1) is 23.0. The Morgan fingerprint density at radius 3 is 2.50 bits per heavy atom. The number of rotatable bonds is 6. The fraction of sp³-hybridized carbons (Fsp3) is 0.222. The predicted molar refractivity (Wildman–Crippen MR) is 131 cm³/mol. The van der Waals surface area contributed by atoms with E-state index in [4.69, 9.17) is 4.74 Å². The molecule has 1 aliphatic heterocycles. The number of ether oxygens (including phenoxy) is 1. The molecule has 3 aromatic rings. The van der Waals surface area contributed by atoms with Crippen LogP contribution in [-0.4, -0.2) is 37.6 Å². The number of hydrogen-bond acceptors (Lipinski definition) is 4. The second-order valence-corrected chi connectivity index (χ2v) is 8.25. The maximum absolute atomic E-state index is 13.6. The highest BCUT2D eigenvalue weighted by Crippen LogP contribution is 2.28. The molecule has 0 saturated heterocycles. The maximum atomic E-state index is 13.6. The van der Waals surface area contributed by atoms with E-state index in [0.717, 1.165) is 28.8 Å². The topological polar surface area (TPSA) is 87.7 Å². The van der Waals surface area contributed by atoms with Crippen LogP contribution < -0.4 is 15.5 Å². The Labute approximate surface area is 198 Å². The molecule has 0 bridgehead atoms. The van der Waals surface area contributed by atoms with E-state index in [9.17, 15) is 14.4 Å². The van der Waals surface area contributed by atoms with Crippen molar-refractivity contribution in [1.82, 2.24) is 5.32 Å². The number of hydrogen-bond donors (Lipinski definition) is 2. The summed E-state index contributed by atoms with van der Waals surface area (Å²) in [4.78, 5) is 40.5. The van der Waals surface area contributed by atoms with Crippen LogP contribution >= 0.6 is 0 Å². The standard InChI is InChI=1S/C27H27N3O4/c1-18-12-13-21(26(32)34-2)22(16-18)28-27(33)29-23(17-19-8-4-3-5-9-19)25(31)30-15-14-20-10-6-7-11-24(20)30/h3-13,16,23H,14-15,17H2,1-2H3,(H2,28,29,33). The molecule has 7 nitrogen and oxygen atoms in total. The molecular formula is C27H27N3O4. The summed E-state index contributed by atoms with van der Waals surface area (Å²) < 4.78 is 4.83. The van der Waals surface area contributed by atoms with Gasteiger partial charge in [-0.1, -0.05) is 54.6 Å². The van der Waals surface area contributed by atoms with Crippen molar-refractivity contribution in [2.75, 3.05) is 23.9 Å². The van der Waals surface area contributed by atoms with E-state index in [0.29, 0.717) is 18.7 Å². The van der Waals surface area contributed by atoms with Gasteiger partial charge in [0, 0.05) is 18.7 Å². The third-order valence-corrected chi connectivity index (χ3v) is 5.87. The Hall–Kier alpha value is -4.13.